The number of esters is 1. The highest BCUT2D eigenvalue weighted by Crippen LogP contribution is 2.26. The highest BCUT2D eigenvalue weighted by atomic mass is 35.5. The molecule has 0 aromatic heterocycles. The summed E-state index contributed by atoms with van der Waals surface area (Å²) in [7, 11) is 0. The van der Waals surface area contributed by atoms with Gasteiger partial charge in [-0.1, -0.05) is 42.5 Å². The fourth-order valence-corrected chi connectivity index (χ4v) is 3.11. The maximum Gasteiger partial charge on any atom is 0.343 e. The van der Waals surface area contributed by atoms with Crippen LogP contribution in [0.5, 0.6) is 11.5 Å². The molecule has 27 heavy (non-hydrogen) atoms. The predicted molar refractivity (Wildman–Crippen MR) is 108 cm³/mol. The van der Waals surface area contributed by atoms with E-state index in [2.05, 4.69) is 0 Å². The van der Waals surface area contributed by atoms with Crippen molar-refractivity contribution in [2.75, 3.05) is 0 Å². The van der Waals surface area contributed by atoms with Crippen molar-refractivity contribution in [3.63, 3.8) is 0 Å². The quantitative estimate of drug-likeness (QED) is 0.306. The number of carbonyl (C=O) groups excluding carboxylic acids is 1. The zero-order valence-electron chi connectivity index (χ0n) is 15.4. The minimum Gasteiger partial charge on any atom is -0.488 e. The largest absolute Gasteiger partial charge is 0.488 e. The van der Waals surface area contributed by atoms with Crippen LogP contribution in [0.3, 0.4) is 0 Å². The monoisotopic (exact) mass is 380 g/mol. The lowest BCUT2D eigenvalue weighted by molar-refractivity contribution is 0.0734. The molecule has 0 aliphatic rings. The second kappa shape index (κ2) is 8.74. The molecule has 4 heteroatoms. The van der Waals surface area contributed by atoms with Gasteiger partial charge in [0.05, 0.1) is 5.56 Å². The number of carbonyl (C=O) groups is 1. The maximum absolute atomic E-state index is 12.3. The van der Waals surface area contributed by atoms with Crippen molar-refractivity contribution >= 4 is 17.6 Å². The molecule has 3 nitrogen and oxygen atoms in total. The molecule has 0 fully saturated rings. The Hall–Kier alpha value is -2.78. The van der Waals surface area contributed by atoms with E-state index in [1.54, 1.807) is 30.3 Å². The molecule has 0 radical (unpaired) electrons. The lowest BCUT2D eigenvalue weighted by Gasteiger charge is -2.15. The lowest BCUT2D eigenvalue weighted by atomic mass is 10.1. The molecule has 0 atom stereocenters. The lowest BCUT2D eigenvalue weighted by Crippen LogP contribution is -2.09. The molecule has 0 unspecified atom stereocenters. The zero-order chi connectivity index (χ0) is 19.2. The Balaban J connectivity index is 1.78. The number of ether oxygens (including phenoxy) is 2. The molecule has 0 N–H and O–H groups in total. The first-order valence-corrected chi connectivity index (χ1v) is 9.26. The third-order valence-electron chi connectivity index (χ3n) is 4.32. The Morgan fingerprint density at radius 1 is 0.889 bits per heavy atom. The number of halogens is 1. The van der Waals surface area contributed by atoms with Crippen LogP contribution < -0.4 is 9.47 Å². The average Bonchev–Trinajstić information content (AvgIpc) is 2.68. The number of rotatable bonds is 6. The highest BCUT2D eigenvalue weighted by Gasteiger charge is 2.11. The highest BCUT2D eigenvalue weighted by molar-refractivity contribution is 6.17. The van der Waals surface area contributed by atoms with E-state index in [-0.39, 0.29) is 0 Å². The first-order valence-electron chi connectivity index (χ1n) is 8.72. The van der Waals surface area contributed by atoms with Crippen LogP contribution in [-0.4, -0.2) is 5.97 Å². The van der Waals surface area contributed by atoms with Crippen molar-refractivity contribution in [3.8, 4) is 11.5 Å². The smallest absolute Gasteiger partial charge is 0.343 e. The fraction of sp³-hybridized carbons (Fsp3) is 0.174. The van der Waals surface area contributed by atoms with E-state index in [9.17, 15) is 4.79 Å². The summed E-state index contributed by atoms with van der Waals surface area (Å²) in [5.41, 5.74) is 4.50. The van der Waals surface area contributed by atoms with Crippen LogP contribution in [0, 0.1) is 13.8 Å². The number of hydrogen-bond acceptors (Lipinski definition) is 3. The molecule has 0 saturated carbocycles. The van der Waals surface area contributed by atoms with E-state index in [0.717, 1.165) is 28.0 Å². The SMILES string of the molecule is Cc1cccc(C)c1OCc1cc(OC(=O)c2ccccc2)ccc1CCl. The summed E-state index contributed by atoms with van der Waals surface area (Å²) in [5, 5.41) is 0. The number of para-hydroxylation sites is 1. The second-order valence-electron chi connectivity index (χ2n) is 6.33. The van der Waals surface area contributed by atoms with Gasteiger partial charge in [0.25, 0.3) is 0 Å². The van der Waals surface area contributed by atoms with Crippen molar-refractivity contribution in [2.45, 2.75) is 26.3 Å². The molecule has 0 aliphatic carbocycles. The van der Waals surface area contributed by atoms with Crippen LogP contribution in [0.15, 0.2) is 66.7 Å². The van der Waals surface area contributed by atoms with Crippen molar-refractivity contribution in [3.05, 3.63) is 94.5 Å². The van der Waals surface area contributed by atoms with E-state index in [1.807, 2.05) is 50.2 Å². The third kappa shape index (κ3) is 4.69. The maximum atomic E-state index is 12.3. The summed E-state index contributed by atoms with van der Waals surface area (Å²) in [6, 6.07) is 20.4. The molecule has 3 rings (SSSR count). The Labute approximate surface area is 164 Å². The number of alkyl halides is 1. The normalized spacial score (nSPS) is 10.5. The van der Waals surface area contributed by atoms with E-state index >= 15 is 0 Å². The van der Waals surface area contributed by atoms with E-state index < -0.39 is 5.97 Å². The molecule has 3 aromatic carbocycles. The van der Waals surface area contributed by atoms with Crippen molar-refractivity contribution in [2.24, 2.45) is 0 Å². The zero-order valence-corrected chi connectivity index (χ0v) is 16.1. The van der Waals surface area contributed by atoms with Gasteiger partial charge in [0.15, 0.2) is 0 Å². The Morgan fingerprint density at radius 2 is 1.59 bits per heavy atom. The minimum absolute atomic E-state index is 0.352. The summed E-state index contributed by atoms with van der Waals surface area (Å²) in [6.07, 6.45) is 0. The van der Waals surface area contributed by atoms with Gasteiger partial charge in [0, 0.05) is 5.88 Å². The van der Waals surface area contributed by atoms with Gasteiger partial charge in [0.1, 0.15) is 18.1 Å². The first kappa shape index (κ1) is 19.0. The minimum atomic E-state index is -0.393. The summed E-state index contributed by atoms with van der Waals surface area (Å²) in [4.78, 5) is 12.3. The summed E-state index contributed by atoms with van der Waals surface area (Å²) in [5.74, 6) is 1.30. The van der Waals surface area contributed by atoms with Gasteiger partial charge in [-0.05, 0) is 60.4 Å². The van der Waals surface area contributed by atoms with Crippen LogP contribution in [0.25, 0.3) is 0 Å². The molecule has 0 amide bonds. The van der Waals surface area contributed by atoms with Crippen LogP contribution >= 0.6 is 11.6 Å². The number of benzene rings is 3. The topological polar surface area (TPSA) is 35.5 Å². The Kier molecular flexibility index (Phi) is 6.15. The summed E-state index contributed by atoms with van der Waals surface area (Å²) < 4.78 is 11.5. The number of hydrogen-bond donors (Lipinski definition) is 0. The summed E-state index contributed by atoms with van der Waals surface area (Å²) in [6.45, 7) is 4.39. The molecule has 138 valence electrons. The van der Waals surface area contributed by atoms with E-state index in [1.165, 1.54) is 0 Å². The molecule has 0 heterocycles. The fourth-order valence-electron chi connectivity index (χ4n) is 2.85. The second-order valence-corrected chi connectivity index (χ2v) is 6.60. The van der Waals surface area contributed by atoms with Crippen molar-refractivity contribution < 1.29 is 14.3 Å². The van der Waals surface area contributed by atoms with Gasteiger partial charge in [-0.15, -0.1) is 11.6 Å². The predicted octanol–water partition coefficient (Wildman–Crippen LogP) is 5.84. The third-order valence-corrected chi connectivity index (χ3v) is 4.61. The van der Waals surface area contributed by atoms with Crippen LogP contribution in [0.4, 0.5) is 0 Å². The molecule has 0 saturated heterocycles. The average molecular weight is 381 g/mol. The van der Waals surface area contributed by atoms with E-state index in [4.69, 9.17) is 21.1 Å². The molecule has 0 bridgehead atoms. The van der Waals surface area contributed by atoms with Gasteiger partial charge in [-0.2, -0.15) is 0 Å². The van der Waals surface area contributed by atoms with Gasteiger partial charge >= 0.3 is 5.97 Å². The Morgan fingerprint density at radius 3 is 2.26 bits per heavy atom. The first-order chi connectivity index (χ1) is 13.1. The van der Waals surface area contributed by atoms with Gasteiger partial charge in [-0.25, -0.2) is 4.79 Å². The Bertz CT molecular complexity index is 915. The molecule has 0 spiro atoms. The van der Waals surface area contributed by atoms with E-state index in [0.29, 0.717) is 23.8 Å². The molecule has 0 aliphatic heterocycles. The standard InChI is InChI=1S/C23H21ClO3/c1-16-7-6-8-17(2)22(16)26-15-20-13-21(12-11-19(20)14-24)27-23(25)18-9-4-3-5-10-18/h3-13H,14-15H2,1-2H3. The molecule has 3 aromatic rings. The number of aryl methyl sites for hydroxylation is 2. The van der Waals surface area contributed by atoms with Crippen molar-refractivity contribution in [1.82, 2.24) is 0 Å². The van der Waals surface area contributed by atoms with Crippen molar-refractivity contribution in [1.29, 1.82) is 0 Å². The van der Waals surface area contributed by atoms with Gasteiger partial charge < -0.3 is 9.47 Å². The molecular weight excluding hydrogens is 360 g/mol. The van der Waals surface area contributed by atoms with Crippen LogP contribution in [0.2, 0.25) is 0 Å². The van der Waals surface area contributed by atoms with Gasteiger partial charge in [-0.3, -0.25) is 0 Å². The van der Waals surface area contributed by atoms with Gasteiger partial charge in [0.2, 0.25) is 0 Å². The molecular formula is C23H21ClO3. The van der Waals surface area contributed by atoms with Crippen LogP contribution in [-0.2, 0) is 12.5 Å². The summed E-state index contributed by atoms with van der Waals surface area (Å²) >= 11 is 6.07. The van der Waals surface area contributed by atoms with Crippen LogP contribution in [0.1, 0.15) is 32.6 Å².